The Bertz CT molecular complexity index is 369. The molecule has 0 aromatic carbocycles. The van der Waals surface area contributed by atoms with E-state index in [4.69, 9.17) is 5.11 Å². The van der Waals surface area contributed by atoms with Crippen LogP contribution in [0.15, 0.2) is 18.5 Å². The van der Waals surface area contributed by atoms with Gasteiger partial charge in [-0.25, -0.2) is 0 Å². The first-order valence-electron chi connectivity index (χ1n) is 5.41. The second-order valence-corrected chi connectivity index (χ2v) is 4.36. The Morgan fingerprint density at radius 3 is 3.13 bits per heavy atom. The molecule has 2 aliphatic rings. The minimum atomic E-state index is 0.0705. The number of pyridine rings is 1. The summed E-state index contributed by atoms with van der Waals surface area (Å²) >= 11 is 0. The van der Waals surface area contributed by atoms with E-state index >= 15 is 0 Å². The van der Waals surface area contributed by atoms with Crippen LogP contribution in [0.5, 0.6) is 0 Å². The quantitative estimate of drug-likeness (QED) is 0.720. The highest BCUT2D eigenvalue weighted by Gasteiger charge is 2.37. The predicted molar refractivity (Wildman–Crippen MR) is 57.7 cm³/mol. The van der Waals surface area contributed by atoms with Gasteiger partial charge in [-0.2, -0.15) is 0 Å². The van der Waals surface area contributed by atoms with Crippen molar-refractivity contribution in [2.45, 2.75) is 25.1 Å². The average Bonchev–Trinajstić information content (AvgIpc) is 2.91. The Morgan fingerprint density at radius 1 is 1.53 bits per heavy atom. The molecule has 0 radical (unpaired) electrons. The maximum atomic E-state index is 9.07. The molecule has 4 nitrogen and oxygen atoms in total. The Kier molecular flexibility index (Phi) is 2.11. The standard InChI is InChI=1S/C11H15N3O/c15-7-8-1-10(4-12-3-8)14-6-9-2-11(14)5-13-9/h1,3-4,9,11,13,15H,2,5-7H2/t9-,11-/m1/s1. The highest BCUT2D eigenvalue weighted by Crippen LogP contribution is 2.29. The summed E-state index contributed by atoms with van der Waals surface area (Å²) in [7, 11) is 0. The Hall–Kier alpha value is -1.13. The molecule has 0 amide bonds. The third kappa shape index (κ3) is 1.50. The molecule has 0 aliphatic carbocycles. The zero-order valence-electron chi connectivity index (χ0n) is 8.56. The van der Waals surface area contributed by atoms with E-state index in [1.54, 1.807) is 6.20 Å². The maximum Gasteiger partial charge on any atom is 0.0697 e. The first-order valence-corrected chi connectivity index (χ1v) is 5.41. The monoisotopic (exact) mass is 205 g/mol. The lowest BCUT2D eigenvalue weighted by molar-refractivity contribution is 0.281. The topological polar surface area (TPSA) is 48.4 Å². The molecular formula is C11H15N3O. The van der Waals surface area contributed by atoms with Gasteiger partial charge in [-0.1, -0.05) is 0 Å². The van der Waals surface area contributed by atoms with Crippen LogP contribution in [0.2, 0.25) is 0 Å². The normalized spacial score (nSPS) is 28.7. The molecule has 2 saturated heterocycles. The van der Waals surface area contributed by atoms with Crippen LogP contribution in [-0.2, 0) is 6.61 Å². The molecule has 2 atom stereocenters. The van der Waals surface area contributed by atoms with E-state index in [1.165, 1.54) is 6.42 Å². The van der Waals surface area contributed by atoms with Crippen LogP contribution < -0.4 is 10.2 Å². The number of aromatic nitrogens is 1. The maximum absolute atomic E-state index is 9.07. The fourth-order valence-corrected chi connectivity index (χ4v) is 2.59. The van der Waals surface area contributed by atoms with Gasteiger partial charge < -0.3 is 15.3 Å². The molecule has 3 rings (SSSR count). The minimum absolute atomic E-state index is 0.0705. The van der Waals surface area contributed by atoms with Gasteiger partial charge in [0.1, 0.15) is 0 Å². The van der Waals surface area contributed by atoms with E-state index in [1.807, 2.05) is 12.3 Å². The van der Waals surface area contributed by atoms with Crippen molar-refractivity contribution >= 4 is 5.69 Å². The summed E-state index contributed by atoms with van der Waals surface area (Å²) in [5.74, 6) is 0. The molecule has 0 saturated carbocycles. The van der Waals surface area contributed by atoms with E-state index < -0.39 is 0 Å². The highest BCUT2D eigenvalue weighted by molar-refractivity contribution is 5.49. The van der Waals surface area contributed by atoms with Crippen molar-refractivity contribution in [1.82, 2.24) is 10.3 Å². The number of hydrogen-bond acceptors (Lipinski definition) is 4. The number of nitrogens with zero attached hydrogens (tertiary/aromatic N) is 2. The lowest BCUT2D eigenvalue weighted by atomic mass is 10.2. The number of aliphatic hydroxyl groups excluding tert-OH is 1. The van der Waals surface area contributed by atoms with Crippen LogP contribution in [0, 0.1) is 0 Å². The van der Waals surface area contributed by atoms with Crippen LogP contribution >= 0.6 is 0 Å². The van der Waals surface area contributed by atoms with Crippen molar-refractivity contribution in [3.05, 3.63) is 24.0 Å². The number of nitrogens with one attached hydrogen (secondary N) is 1. The van der Waals surface area contributed by atoms with Gasteiger partial charge in [0.2, 0.25) is 0 Å². The van der Waals surface area contributed by atoms with Gasteiger partial charge in [-0.3, -0.25) is 4.98 Å². The van der Waals surface area contributed by atoms with Gasteiger partial charge in [0.15, 0.2) is 0 Å². The molecule has 1 aromatic heterocycles. The Morgan fingerprint density at radius 2 is 2.47 bits per heavy atom. The second kappa shape index (κ2) is 3.47. The number of anilines is 1. The minimum Gasteiger partial charge on any atom is -0.392 e. The van der Waals surface area contributed by atoms with Crippen LogP contribution in [-0.4, -0.2) is 35.3 Å². The lowest BCUT2D eigenvalue weighted by Gasteiger charge is -2.29. The zero-order chi connectivity index (χ0) is 10.3. The van der Waals surface area contributed by atoms with Crippen LogP contribution in [0.3, 0.4) is 0 Å². The largest absolute Gasteiger partial charge is 0.392 e. The van der Waals surface area contributed by atoms with Crippen LogP contribution in [0.1, 0.15) is 12.0 Å². The van der Waals surface area contributed by atoms with Crippen molar-refractivity contribution in [3.8, 4) is 0 Å². The third-order valence-corrected chi connectivity index (χ3v) is 3.35. The van der Waals surface area contributed by atoms with E-state index in [9.17, 15) is 0 Å². The molecule has 4 heteroatoms. The molecule has 0 unspecified atom stereocenters. The van der Waals surface area contributed by atoms with Gasteiger partial charge in [0, 0.05) is 31.4 Å². The summed E-state index contributed by atoms with van der Waals surface area (Å²) < 4.78 is 0. The molecule has 2 bridgehead atoms. The molecule has 2 aliphatic heterocycles. The fraction of sp³-hybridized carbons (Fsp3) is 0.545. The second-order valence-electron chi connectivity index (χ2n) is 4.36. The van der Waals surface area contributed by atoms with Gasteiger partial charge in [-0.05, 0) is 18.1 Å². The first-order chi connectivity index (χ1) is 7.36. The number of fused-ring (bicyclic) bond motifs is 2. The van der Waals surface area contributed by atoms with Gasteiger partial charge in [0.25, 0.3) is 0 Å². The van der Waals surface area contributed by atoms with Crippen LogP contribution in [0.4, 0.5) is 5.69 Å². The van der Waals surface area contributed by atoms with Gasteiger partial charge in [0.05, 0.1) is 18.5 Å². The van der Waals surface area contributed by atoms with Gasteiger partial charge in [-0.15, -0.1) is 0 Å². The lowest BCUT2D eigenvalue weighted by Crippen LogP contribution is -2.43. The smallest absolute Gasteiger partial charge is 0.0697 e. The molecule has 80 valence electrons. The number of hydrogen-bond donors (Lipinski definition) is 2. The van der Waals surface area contributed by atoms with E-state index in [2.05, 4.69) is 15.2 Å². The number of piperazine rings is 1. The number of rotatable bonds is 2. The summed E-state index contributed by atoms with van der Waals surface area (Å²) in [4.78, 5) is 6.56. The van der Waals surface area contributed by atoms with Crippen molar-refractivity contribution in [1.29, 1.82) is 0 Å². The summed E-state index contributed by atoms with van der Waals surface area (Å²) in [6.07, 6.45) is 4.85. The van der Waals surface area contributed by atoms with E-state index in [0.717, 1.165) is 24.3 Å². The van der Waals surface area contributed by atoms with Gasteiger partial charge >= 0.3 is 0 Å². The Balaban J connectivity index is 1.86. The van der Waals surface area contributed by atoms with Crippen molar-refractivity contribution < 1.29 is 5.11 Å². The fourth-order valence-electron chi connectivity index (χ4n) is 2.59. The Labute approximate surface area is 88.9 Å². The predicted octanol–water partition coefficient (Wildman–Crippen LogP) is 0.124. The van der Waals surface area contributed by atoms with Crippen LogP contribution in [0.25, 0.3) is 0 Å². The highest BCUT2D eigenvalue weighted by atomic mass is 16.3. The zero-order valence-corrected chi connectivity index (χ0v) is 8.56. The van der Waals surface area contributed by atoms with Crippen molar-refractivity contribution in [2.75, 3.05) is 18.0 Å². The molecule has 3 heterocycles. The average molecular weight is 205 g/mol. The molecule has 2 fully saturated rings. The SMILES string of the molecule is OCc1cncc(N2C[C@H]3C[C@@H]2CN3)c1. The van der Waals surface area contributed by atoms with E-state index in [0.29, 0.717) is 12.1 Å². The molecule has 1 aromatic rings. The molecular weight excluding hydrogens is 190 g/mol. The summed E-state index contributed by atoms with van der Waals surface area (Å²) in [6.45, 7) is 2.22. The summed E-state index contributed by atoms with van der Waals surface area (Å²) in [5, 5.41) is 12.5. The van der Waals surface area contributed by atoms with Crippen molar-refractivity contribution in [3.63, 3.8) is 0 Å². The summed E-state index contributed by atoms with van der Waals surface area (Å²) in [6, 6.07) is 3.30. The van der Waals surface area contributed by atoms with E-state index in [-0.39, 0.29) is 6.61 Å². The third-order valence-electron chi connectivity index (χ3n) is 3.35. The summed E-state index contributed by atoms with van der Waals surface area (Å²) in [5.41, 5.74) is 2.04. The first kappa shape index (κ1) is 9.12. The van der Waals surface area contributed by atoms with Crippen molar-refractivity contribution in [2.24, 2.45) is 0 Å². The molecule has 0 spiro atoms. The number of aliphatic hydroxyl groups is 1. The molecule has 2 N–H and O–H groups in total. The molecule has 15 heavy (non-hydrogen) atoms.